The number of nitrogens with zero attached hydrogens (tertiary/aromatic N) is 1. The second-order valence-corrected chi connectivity index (χ2v) is 6.43. The van der Waals surface area contributed by atoms with Gasteiger partial charge in [0.15, 0.2) is 0 Å². The number of nitrogens with one attached hydrogen (secondary N) is 1. The number of sulfonamides is 1. The largest absolute Gasteiger partial charge is 0.399 e. The first-order valence-electron chi connectivity index (χ1n) is 6.05. The van der Waals surface area contributed by atoms with Crippen LogP contribution in [0, 0.1) is 27.7 Å². The predicted molar refractivity (Wildman–Crippen MR) is 77.1 cm³/mol. The second kappa shape index (κ2) is 4.82. The average Bonchev–Trinajstić information content (AvgIpc) is 2.58. The Morgan fingerprint density at radius 1 is 1.15 bits per heavy atom. The van der Waals surface area contributed by atoms with E-state index in [0.717, 1.165) is 0 Å². The number of aromatic nitrogens is 1. The molecule has 20 heavy (non-hydrogen) atoms. The normalized spacial score (nSPS) is 11.6. The molecule has 0 aliphatic rings. The minimum atomic E-state index is -3.74. The zero-order chi connectivity index (χ0) is 15.1. The first kappa shape index (κ1) is 14.4. The molecule has 1 heterocycles. The van der Waals surface area contributed by atoms with Crippen LogP contribution in [0.2, 0.25) is 0 Å². The predicted octanol–water partition coefficient (Wildman–Crippen LogP) is 2.29. The Hall–Kier alpha value is -2.02. The molecule has 2 aromatic rings. The lowest BCUT2D eigenvalue weighted by Gasteiger charge is -2.12. The van der Waals surface area contributed by atoms with E-state index in [1.54, 1.807) is 39.8 Å². The maximum atomic E-state index is 12.5. The van der Waals surface area contributed by atoms with Crippen molar-refractivity contribution < 1.29 is 12.9 Å². The zero-order valence-corrected chi connectivity index (χ0v) is 12.6. The van der Waals surface area contributed by atoms with Gasteiger partial charge in [0, 0.05) is 11.3 Å². The van der Waals surface area contributed by atoms with Crippen molar-refractivity contribution in [1.29, 1.82) is 0 Å². The summed E-state index contributed by atoms with van der Waals surface area (Å²) in [5.74, 6) is 0.137. The summed E-state index contributed by atoms with van der Waals surface area (Å²) in [5, 5.41) is 3.73. The first-order chi connectivity index (χ1) is 9.22. The Labute approximate surface area is 118 Å². The van der Waals surface area contributed by atoms with Crippen molar-refractivity contribution in [2.24, 2.45) is 0 Å². The number of hydrogen-bond donors (Lipinski definition) is 2. The Morgan fingerprint density at radius 2 is 1.70 bits per heavy atom. The Morgan fingerprint density at radius 3 is 2.15 bits per heavy atom. The van der Waals surface area contributed by atoms with Gasteiger partial charge in [-0.15, -0.1) is 0 Å². The molecule has 0 saturated carbocycles. The molecular weight excluding hydrogens is 278 g/mol. The maximum Gasteiger partial charge on any atom is 0.264 e. The maximum absolute atomic E-state index is 12.5. The van der Waals surface area contributed by atoms with Gasteiger partial charge in [-0.25, -0.2) is 13.1 Å². The fraction of sp³-hybridized carbons (Fsp3) is 0.308. The lowest BCUT2D eigenvalue weighted by Crippen LogP contribution is -2.16. The highest BCUT2D eigenvalue weighted by molar-refractivity contribution is 7.92. The van der Waals surface area contributed by atoms with E-state index in [1.165, 1.54) is 0 Å². The van der Waals surface area contributed by atoms with E-state index in [1.807, 2.05) is 0 Å². The Bertz CT molecular complexity index is 740. The van der Waals surface area contributed by atoms with E-state index >= 15 is 0 Å². The van der Waals surface area contributed by atoms with Crippen molar-refractivity contribution in [3.05, 3.63) is 34.5 Å². The fourth-order valence-corrected chi connectivity index (χ4v) is 3.59. The van der Waals surface area contributed by atoms with Gasteiger partial charge >= 0.3 is 0 Å². The summed E-state index contributed by atoms with van der Waals surface area (Å²) in [6.45, 7) is 6.90. The number of nitrogens with two attached hydrogens (primary N) is 1. The molecule has 1 aromatic heterocycles. The van der Waals surface area contributed by atoms with E-state index < -0.39 is 10.0 Å². The summed E-state index contributed by atoms with van der Waals surface area (Å²) in [4.78, 5) is 0.208. The van der Waals surface area contributed by atoms with Gasteiger partial charge in [-0.2, -0.15) is 0 Å². The van der Waals surface area contributed by atoms with Crippen molar-refractivity contribution in [3.63, 3.8) is 0 Å². The topological polar surface area (TPSA) is 98.2 Å². The number of anilines is 2. The third-order valence-electron chi connectivity index (χ3n) is 3.14. The van der Waals surface area contributed by atoms with Crippen molar-refractivity contribution in [2.45, 2.75) is 32.6 Å². The molecule has 0 amide bonds. The van der Waals surface area contributed by atoms with Crippen LogP contribution in [0.15, 0.2) is 21.6 Å². The van der Waals surface area contributed by atoms with Crippen LogP contribution in [0.4, 0.5) is 11.6 Å². The third-order valence-corrected chi connectivity index (χ3v) is 4.77. The summed E-state index contributed by atoms with van der Waals surface area (Å²) >= 11 is 0. The molecule has 2 rings (SSSR count). The smallest absolute Gasteiger partial charge is 0.264 e. The fourth-order valence-electron chi connectivity index (χ4n) is 2.09. The molecule has 0 bridgehead atoms. The van der Waals surface area contributed by atoms with Gasteiger partial charge in [0.05, 0.1) is 10.6 Å². The zero-order valence-electron chi connectivity index (χ0n) is 11.8. The molecule has 6 nitrogen and oxygen atoms in total. The molecule has 0 atom stereocenters. The number of benzene rings is 1. The van der Waals surface area contributed by atoms with Crippen LogP contribution < -0.4 is 10.5 Å². The van der Waals surface area contributed by atoms with Crippen LogP contribution in [0.1, 0.15) is 22.4 Å². The highest BCUT2D eigenvalue weighted by atomic mass is 32.2. The van der Waals surface area contributed by atoms with Crippen LogP contribution in [0.3, 0.4) is 0 Å². The molecule has 0 spiro atoms. The standard InChI is InChI=1S/C13H17N3O3S/c1-7-5-11(14)6-8(2)12(7)20(17,18)16-13-9(3)10(4)15-19-13/h5-6,16H,14H2,1-4H3. The molecule has 0 saturated heterocycles. The number of hydrogen-bond acceptors (Lipinski definition) is 5. The highest BCUT2D eigenvalue weighted by Gasteiger charge is 2.23. The van der Waals surface area contributed by atoms with E-state index in [9.17, 15) is 8.42 Å². The van der Waals surface area contributed by atoms with Crippen molar-refractivity contribution in [3.8, 4) is 0 Å². The van der Waals surface area contributed by atoms with Gasteiger partial charge in [-0.1, -0.05) is 5.16 Å². The molecular formula is C13H17N3O3S. The molecule has 0 radical (unpaired) electrons. The second-order valence-electron chi connectivity index (χ2n) is 4.81. The minimum Gasteiger partial charge on any atom is -0.399 e. The quantitative estimate of drug-likeness (QED) is 0.846. The molecule has 7 heteroatoms. The van der Waals surface area contributed by atoms with Gasteiger partial charge < -0.3 is 10.3 Å². The summed E-state index contributed by atoms with van der Waals surface area (Å²) in [6.07, 6.45) is 0. The number of rotatable bonds is 3. The average molecular weight is 295 g/mol. The van der Waals surface area contributed by atoms with Crippen molar-refractivity contribution >= 4 is 21.6 Å². The van der Waals surface area contributed by atoms with Gasteiger partial charge in [0.25, 0.3) is 10.0 Å². The van der Waals surface area contributed by atoms with E-state index in [0.29, 0.717) is 28.1 Å². The lowest BCUT2D eigenvalue weighted by atomic mass is 10.1. The number of nitrogen functional groups attached to an aromatic ring is 1. The number of aryl methyl sites for hydroxylation is 3. The summed E-state index contributed by atoms with van der Waals surface area (Å²) < 4.78 is 32.4. The van der Waals surface area contributed by atoms with Gasteiger partial charge in [-0.05, 0) is 51.0 Å². The molecule has 0 aliphatic heterocycles. The lowest BCUT2D eigenvalue weighted by molar-refractivity contribution is 0.430. The van der Waals surface area contributed by atoms with Gasteiger partial charge in [0.2, 0.25) is 5.88 Å². The van der Waals surface area contributed by atoms with Crippen molar-refractivity contribution in [2.75, 3.05) is 10.5 Å². The molecule has 0 aliphatic carbocycles. The van der Waals surface area contributed by atoms with Crippen LogP contribution in [-0.4, -0.2) is 13.6 Å². The molecule has 108 valence electrons. The van der Waals surface area contributed by atoms with Crippen LogP contribution in [0.25, 0.3) is 0 Å². The third kappa shape index (κ3) is 2.49. The minimum absolute atomic E-state index is 0.137. The van der Waals surface area contributed by atoms with Crippen LogP contribution in [-0.2, 0) is 10.0 Å². The molecule has 0 fully saturated rings. The Kier molecular flexibility index (Phi) is 3.47. The molecule has 0 unspecified atom stereocenters. The summed E-state index contributed by atoms with van der Waals surface area (Å²) in [6, 6.07) is 3.25. The SMILES string of the molecule is Cc1cc(N)cc(C)c1S(=O)(=O)Nc1onc(C)c1C. The monoisotopic (exact) mass is 295 g/mol. The van der Waals surface area contributed by atoms with Crippen LogP contribution >= 0.6 is 0 Å². The summed E-state index contributed by atoms with van der Waals surface area (Å²) in [5.41, 5.74) is 8.73. The van der Waals surface area contributed by atoms with Gasteiger partial charge in [-0.3, -0.25) is 0 Å². The molecule has 1 aromatic carbocycles. The van der Waals surface area contributed by atoms with Crippen molar-refractivity contribution in [1.82, 2.24) is 5.16 Å². The van der Waals surface area contributed by atoms with E-state index in [2.05, 4.69) is 9.88 Å². The van der Waals surface area contributed by atoms with E-state index in [-0.39, 0.29) is 10.8 Å². The highest BCUT2D eigenvalue weighted by Crippen LogP contribution is 2.27. The van der Waals surface area contributed by atoms with Crippen LogP contribution in [0.5, 0.6) is 0 Å². The summed E-state index contributed by atoms with van der Waals surface area (Å²) in [7, 11) is -3.74. The van der Waals surface area contributed by atoms with E-state index in [4.69, 9.17) is 10.3 Å². The molecule has 3 N–H and O–H groups in total. The first-order valence-corrected chi connectivity index (χ1v) is 7.53. The Balaban J connectivity index is 2.49. The van der Waals surface area contributed by atoms with Gasteiger partial charge in [0.1, 0.15) is 0 Å².